The molecule has 1 N–H and O–H groups in total. The fraction of sp³-hybridized carbons (Fsp3) is 0.278. The summed E-state index contributed by atoms with van der Waals surface area (Å²) in [6.45, 7) is 3.64. The Morgan fingerprint density at radius 1 is 1.26 bits per heavy atom. The molecule has 0 saturated carbocycles. The Balaban J connectivity index is 1.90. The first-order chi connectivity index (χ1) is 11.0. The third-order valence-corrected chi connectivity index (χ3v) is 3.41. The number of carbonyl (C=O) groups excluding carboxylic acids is 1. The normalized spacial score (nSPS) is 11.7. The molecule has 0 unspecified atom stereocenters. The summed E-state index contributed by atoms with van der Waals surface area (Å²) in [6.07, 6.45) is 0. The number of ether oxygens (including phenoxy) is 2. The van der Waals surface area contributed by atoms with Gasteiger partial charge in [0.15, 0.2) is 18.2 Å². The smallest absolute Gasteiger partial charge is 0.258 e. The average Bonchev–Trinajstić information content (AvgIpc) is 2.53. The van der Waals surface area contributed by atoms with Gasteiger partial charge in [0.2, 0.25) is 0 Å². The molecule has 0 aliphatic carbocycles. The number of methoxy groups -OCH3 is 1. The molecule has 4 nitrogen and oxygen atoms in total. The molecule has 0 bridgehead atoms. The second-order valence-corrected chi connectivity index (χ2v) is 5.29. The highest BCUT2D eigenvalue weighted by Crippen LogP contribution is 2.21. The fourth-order valence-corrected chi connectivity index (χ4v) is 2.17. The van der Waals surface area contributed by atoms with E-state index in [1.807, 2.05) is 25.1 Å². The number of hydrogen-bond acceptors (Lipinski definition) is 3. The van der Waals surface area contributed by atoms with Gasteiger partial charge in [-0.2, -0.15) is 0 Å². The van der Waals surface area contributed by atoms with Crippen LogP contribution in [-0.2, 0) is 4.79 Å². The van der Waals surface area contributed by atoms with Crippen molar-refractivity contribution in [3.63, 3.8) is 0 Å². The average molecular weight is 317 g/mol. The lowest BCUT2D eigenvalue weighted by Crippen LogP contribution is -2.31. The Hall–Kier alpha value is -2.56. The molecule has 0 saturated heterocycles. The molecule has 0 spiro atoms. The topological polar surface area (TPSA) is 47.6 Å². The molecule has 0 aromatic heterocycles. The van der Waals surface area contributed by atoms with Crippen molar-refractivity contribution in [1.29, 1.82) is 0 Å². The van der Waals surface area contributed by atoms with Gasteiger partial charge in [0.05, 0.1) is 13.2 Å². The molecule has 0 radical (unpaired) electrons. The van der Waals surface area contributed by atoms with Crippen LogP contribution < -0.4 is 14.8 Å². The lowest BCUT2D eigenvalue weighted by atomic mass is 10.1. The van der Waals surface area contributed by atoms with Crippen LogP contribution in [0.15, 0.2) is 42.5 Å². The van der Waals surface area contributed by atoms with Crippen LogP contribution in [0.25, 0.3) is 0 Å². The predicted octanol–water partition coefficient (Wildman–Crippen LogP) is 3.40. The lowest BCUT2D eigenvalue weighted by molar-refractivity contribution is -0.123. The van der Waals surface area contributed by atoms with E-state index in [-0.39, 0.29) is 24.3 Å². The Morgan fingerprint density at radius 3 is 2.70 bits per heavy atom. The molecular formula is C18H20FNO3. The van der Waals surface area contributed by atoms with E-state index < -0.39 is 5.82 Å². The summed E-state index contributed by atoms with van der Waals surface area (Å²) in [5, 5.41) is 2.77. The summed E-state index contributed by atoms with van der Waals surface area (Å²) < 4.78 is 24.0. The molecule has 2 aromatic rings. The molecule has 1 atom stereocenters. The SMILES string of the molecule is COc1ccc([C@H](C)NC(=O)COc2cccc(C)c2)cc1F. The number of aryl methyl sites for hydroxylation is 1. The Bertz CT molecular complexity index is 688. The summed E-state index contributed by atoms with van der Waals surface area (Å²) in [4.78, 5) is 11.9. The minimum Gasteiger partial charge on any atom is -0.494 e. The van der Waals surface area contributed by atoms with Crippen LogP contribution in [0.5, 0.6) is 11.5 Å². The van der Waals surface area contributed by atoms with Gasteiger partial charge in [0, 0.05) is 0 Å². The van der Waals surface area contributed by atoms with Gasteiger partial charge in [-0.25, -0.2) is 4.39 Å². The van der Waals surface area contributed by atoms with Gasteiger partial charge in [-0.15, -0.1) is 0 Å². The molecule has 122 valence electrons. The van der Waals surface area contributed by atoms with Crippen LogP contribution in [0.4, 0.5) is 4.39 Å². The Morgan fingerprint density at radius 2 is 2.04 bits per heavy atom. The highest BCUT2D eigenvalue weighted by Gasteiger charge is 2.12. The quantitative estimate of drug-likeness (QED) is 0.888. The molecule has 23 heavy (non-hydrogen) atoms. The number of hydrogen-bond donors (Lipinski definition) is 1. The number of rotatable bonds is 6. The fourth-order valence-electron chi connectivity index (χ4n) is 2.17. The highest BCUT2D eigenvalue weighted by atomic mass is 19.1. The zero-order valence-electron chi connectivity index (χ0n) is 13.4. The first-order valence-corrected chi connectivity index (χ1v) is 7.32. The van der Waals surface area contributed by atoms with Crippen LogP contribution in [-0.4, -0.2) is 19.6 Å². The van der Waals surface area contributed by atoms with Gasteiger partial charge in [-0.1, -0.05) is 18.2 Å². The molecule has 2 rings (SSSR count). The third-order valence-electron chi connectivity index (χ3n) is 3.41. The van der Waals surface area contributed by atoms with E-state index in [9.17, 15) is 9.18 Å². The molecule has 0 aliphatic rings. The summed E-state index contributed by atoms with van der Waals surface area (Å²) in [6, 6.07) is 11.7. The van der Waals surface area contributed by atoms with Crippen molar-refractivity contribution in [3.05, 3.63) is 59.4 Å². The van der Waals surface area contributed by atoms with Gasteiger partial charge >= 0.3 is 0 Å². The van der Waals surface area contributed by atoms with Crippen molar-refractivity contribution in [2.75, 3.05) is 13.7 Å². The number of halogens is 1. The van der Waals surface area contributed by atoms with E-state index in [2.05, 4.69) is 5.32 Å². The van der Waals surface area contributed by atoms with Crippen LogP contribution >= 0.6 is 0 Å². The second-order valence-electron chi connectivity index (χ2n) is 5.29. The lowest BCUT2D eigenvalue weighted by Gasteiger charge is -2.15. The molecule has 2 aromatic carbocycles. The van der Waals surface area contributed by atoms with Crippen molar-refractivity contribution >= 4 is 5.91 Å². The van der Waals surface area contributed by atoms with Crippen molar-refractivity contribution in [3.8, 4) is 11.5 Å². The monoisotopic (exact) mass is 317 g/mol. The van der Waals surface area contributed by atoms with Crippen LogP contribution in [0, 0.1) is 12.7 Å². The van der Waals surface area contributed by atoms with E-state index >= 15 is 0 Å². The number of nitrogens with one attached hydrogen (secondary N) is 1. The van der Waals surface area contributed by atoms with E-state index in [0.29, 0.717) is 11.3 Å². The van der Waals surface area contributed by atoms with Gasteiger partial charge < -0.3 is 14.8 Å². The van der Waals surface area contributed by atoms with Crippen molar-refractivity contribution in [1.82, 2.24) is 5.32 Å². The van der Waals surface area contributed by atoms with Crippen molar-refractivity contribution in [2.24, 2.45) is 0 Å². The van der Waals surface area contributed by atoms with E-state index in [1.54, 1.807) is 19.1 Å². The van der Waals surface area contributed by atoms with Crippen LogP contribution in [0.1, 0.15) is 24.1 Å². The van der Waals surface area contributed by atoms with Crippen LogP contribution in [0.2, 0.25) is 0 Å². The van der Waals surface area contributed by atoms with E-state index in [4.69, 9.17) is 9.47 Å². The summed E-state index contributed by atoms with van der Waals surface area (Å²) in [5.41, 5.74) is 1.72. The van der Waals surface area contributed by atoms with Gasteiger partial charge in [0.25, 0.3) is 5.91 Å². The van der Waals surface area contributed by atoms with E-state index in [0.717, 1.165) is 5.56 Å². The maximum Gasteiger partial charge on any atom is 0.258 e. The summed E-state index contributed by atoms with van der Waals surface area (Å²) in [5.74, 6) is 0.0932. The maximum atomic E-state index is 13.7. The minimum absolute atomic E-state index is 0.0908. The van der Waals surface area contributed by atoms with E-state index in [1.165, 1.54) is 19.2 Å². The highest BCUT2D eigenvalue weighted by molar-refractivity contribution is 5.78. The minimum atomic E-state index is -0.456. The molecular weight excluding hydrogens is 297 g/mol. The van der Waals surface area contributed by atoms with Crippen molar-refractivity contribution < 1.29 is 18.7 Å². The van der Waals surface area contributed by atoms with Gasteiger partial charge in [-0.3, -0.25) is 4.79 Å². The molecule has 0 heterocycles. The van der Waals surface area contributed by atoms with Crippen molar-refractivity contribution in [2.45, 2.75) is 19.9 Å². The first-order valence-electron chi connectivity index (χ1n) is 7.32. The number of carbonyl (C=O) groups is 1. The van der Waals surface area contributed by atoms with Gasteiger partial charge in [0.1, 0.15) is 5.75 Å². The zero-order valence-corrected chi connectivity index (χ0v) is 13.4. The molecule has 0 aliphatic heterocycles. The predicted molar refractivity (Wildman–Crippen MR) is 86.2 cm³/mol. The van der Waals surface area contributed by atoms with Gasteiger partial charge in [-0.05, 0) is 49.2 Å². The Kier molecular flexibility index (Phi) is 5.57. The molecule has 0 fully saturated rings. The van der Waals surface area contributed by atoms with Crippen LogP contribution in [0.3, 0.4) is 0 Å². The summed E-state index contributed by atoms with van der Waals surface area (Å²) in [7, 11) is 1.41. The number of amides is 1. The largest absolute Gasteiger partial charge is 0.494 e. The zero-order chi connectivity index (χ0) is 16.8. The molecule has 5 heteroatoms. The first kappa shape index (κ1) is 16.8. The third kappa shape index (κ3) is 4.71. The number of benzene rings is 2. The maximum absolute atomic E-state index is 13.7. The molecule has 1 amide bonds. The summed E-state index contributed by atoms with van der Waals surface area (Å²) >= 11 is 0. The Labute approximate surface area is 135 Å². The second kappa shape index (κ2) is 7.63. The standard InChI is InChI=1S/C18H20FNO3/c1-12-5-4-6-15(9-12)23-11-18(21)20-13(2)14-7-8-17(22-3)16(19)10-14/h4-10,13H,11H2,1-3H3,(H,20,21)/t13-/m0/s1.